The van der Waals surface area contributed by atoms with Crippen molar-refractivity contribution in [2.45, 2.75) is 31.7 Å². The smallest absolute Gasteiger partial charge is 0.330 e. The van der Waals surface area contributed by atoms with Gasteiger partial charge in [-0.15, -0.1) is 0 Å². The lowest BCUT2D eigenvalue weighted by atomic mass is 9.96. The van der Waals surface area contributed by atoms with E-state index in [1.54, 1.807) is 6.92 Å². The van der Waals surface area contributed by atoms with Crippen LogP contribution in [-0.4, -0.2) is 39.3 Å². The molecule has 1 fully saturated rings. The number of aliphatic hydroxyl groups excluding tert-OH is 1. The van der Waals surface area contributed by atoms with Gasteiger partial charge in [0.25, 0.3) is 11.5 Å². The van der Waals surface area contributed by atoms with Crippen LogP contribution in [0, 0.1) is 6.92 Å². The number of H-pyrrole nitrogens is 1. The van der Waals surface area contributed by atoms with Gasteiger partial charge in [-0.2, -0.15) is 0 Å². The molecule has 4 aromatic rings. The van der Waals surface area contributed by atoms with E-state index >= 15 is 0 Å². The summed E-state index contributed by atoms with van der Waals surface area (Å²) in [5.74, 6) is -0.277. The third-order valence-electron chi connectivity index (χ3n) is 6.19. The second kappa shape index (κ2) is 8.31. The zero-order valence-corrected chi connectivity index (χ0v) is 17.9. The maximum atomic E-state index is 13.5. The summed E-state index contributed by atoms with van der Waals surface area (Å²) < 4.78 is 7.16. The molecule has 8 heteroatoms. The van der Waals surface area contributed by atoms with Gasteiger partial charge in [-0.05, 0) is 34.5 Å². The molecule has 0 radical (unpaired) electrons. The molecule has 0 saturated carbocycles. The highest BCUT2D eigenvalue weighted by atomic mass is 16.5. The summed E-state index contributed by atoms with van der Waals surface area (Å²) in [6, 6.07) is 16.9. The number of aliphatic hydroxyl groups is 1. The normalized spacial score (nSPS) is 20.4. The third kappa shape index (κ3) is 3.73. The van der Waals surface area contributed by atoms with Gasteiger partial charge in [0.15, 0.2) is 0 Å². The van der Waals surface area contributed by atoms with Crippen molar-refractivity contribution in [3.63, 3.8) is 0 Å². The molecule has 1 amide bonds. The molecule has 168 valence electrons. The molecular formula is C25H23N3O5. The zero-order valence-electron chi connectivity index (χ0n) is 17.9. The standard InChI is InChI=1S/C25H23N3O5/c1-14-12-28(25(32)27-23(14)30)21-11-19(20(13-29)33-21)26-24(31)22-17-8-4-2-6-15(17)10-16-7-3-5-9-18(16)22/h2-10,12,19-21,29H,11,13H2,1H3,(H,26,31)(H,27,30,32)/t19-,20+,21+/m0/s1. The number of fused-ring (bicyclic) bond motifs is 2. The molecule has 33 heavy (non-hydrogen) atoms. The Bertz CT molecular complexity index is 1440. The summed E-state index contributed by atoms with van der Waals surface area (Å²) in [6.07, 6.45) is 0.285. The van der Waals surface area contributed by atoms with Crippen LogP contribution in [0.5, 0.6) is 0 Å². The van der Waals surface area contributed by atoms with Crippen molar-refractivity contribution in [1.29, 1.82) is 0 Å². The summed E-state index contributed by atoms with van der Waals surface area (Å²) in [4.78, 5) is 39.8. The lowest BCUT2D eigenvalue weighted by Gasteiger charge is -2.19. The van der Waals surface area contributed by atoms with E-state index in [2.05, 4.69) is 16.4 Å². The Morgan fingerprint density at radius 1 is 1.12 bits per heavy atom. The number of rotatable bonds is 4. The van der Waals surface area contributed by atoms with Gasteiger partial charge in [0.1, 0.15) is 12.3 Å². The molecule has 1 aliphatic heterocycles. The Morgan fingerprint density at radius 2 is 1.76 bits per heavy atom. The number of hydrogen-bond acceptors (Lipinski definition) is 5. The van der Waals surface area contributed by atoms with Crippen LogP contribution in [-0.2, 0) is 4.74 Å². The largest absolute Gasteiger partial charge is 0.394 e. The Kier molecular flexibility index (Phi) is 5.32. The predicted molar refractivity (Wildman–Crippen MR) is 124 cm³/mol. The van der Waals surface area contributed by atoms with Crippen LogP contribution in [0.15, 0.2) is 70.4 Å². The van der Waals surface area contributed by atoms with E-state index in [4.69, 9.17) is 4.74 Å². The number of amides is 1. The van der Waals surface area contributed by atoms with E-state index in [1.807, 2.05) is 48.5 Å². The Hall–Kier alpha value is -3.75. The van der Waals surface area contributed by atoms with Gasteiger partial charge in [0, 0.05) is 18.2 Å². The molecule has 3 atom stereocenters. The first-order chi connectivity index (χ1) is 16.0. The van der Waals surface area contributed by atoms with Crippen molar-refractivity contribution in [3.05, 3.63) is 92.8 Å². The molecule has 1 aromatic heterocycles. The van der Waals surface area contributed by atoms with Crippen LogP contribution < -0.4 is 16.6 Å². The molecule has 2 heterocycles. The van der Waals surface area contributed by atoms with Gasteiger partial charge in [-0.1, -0.05) is 48.5 Å². The second-order valence-corrected chi connectivity index (χ2v) is 8.30. The molecule has 0 aliphatic carbocycles. The maximum absolute atomic E-state index is 13.5. The highest BCUT2D eigenvalue weighted by Crippen LogP contribution is 2.31. The number of carbonyl (C=O) groups is 1. The van der Waals surface area contributed by atoms with Crippen LogP contribution in [0.25, 0.3) is 21.5 Å². The van der Waals surface area contributed by atoms with Gasteiger partial charge in [-0.25, -0.2) is 4.79 Å². The molecule has 1 saturated heterocycles. The molecule has 1 aliphatic rings. The van der Waals surface area contributed by atoms with Crippen molar-refractivity contribution >= 4 is 27.5 Å². The minimum atomic E-state index is -0.722. The van der Waals surface area contributed by atoms with Crippen molar-refractivity contribution < 1.29 is 14.6 Å². The van der Waals surface area contributed by atoms with Crippen molar-refractivity contribution in [1.82, 2.24) is 14.9 Å². The van der Waals surface area contributed by atoms with Crippen LogP contribution in [0.3, 0.4) is 0 Å². The van der Waals surface area contributed by atoms with Crippen LogP contribution >= 0.6 is 0 Å². The lowest BCUT2D eigenvalue weighted by molar-refractivity contribution is -0.0287. The fraction of sp³-hybridized carbons (Fsp3) is 0.240. The van der Waals surface area contributed by atoms with Crippen molar-refractivity contribution in [2.75, 3.05) is 6.61 Å². The average molecular weight is 445 g/mol. The summed E-state index contributed by atoms with van der Waals surface area (Å²) in [6.45, 7) is 1.27. The lowest BCUT2D eigenvalue weighted by Crippen LogP contribution is -2.42. The first-order valence-electron chi connectivity index (χ1n) is 10.8. The summed E-state index contributed by atoms with van der Waals surface area (Å²) in [7, 11) is 0. The van der Waals surface area contributed by atoms with E-state index in [0.717, 1.165) is 21.5 Å². The molecule has 3 N–H and O–H groups in total. The van der Waals surface area contributed by atoms with Gasteiger partial charge in [-0.3, -0.25) is 19.1 Å². The molecule has 0 bridgehead atoms. The van der Waals surface area contributed by atoms with Crippen molar-refractivity contribution in [2.24, 2.45) is 0 Å². The van der Waals surface area contributed by atoms with Crippen molar-refractivity contribution in [3.8, 4) is 0 Å². The van der Waals surface area contributed by atoms with Gasteiger partial charge in [0.2, 0.25) is 0 Å². The molecule has 5 rings (SSSR count). The van der Waals surface area contributed by atoms with E-state index < -0.39 is 29.6 Å². The fourth-order valence-electron chi connectivity index (χ4n) is 4.52. The van der Waals surface area contributed by atoms with Crippen LogP contribution in [0.1, 0.15) is 28.6 Å². The number of nitrogens with zero attached hydrogens (tertiary/aromatic N) is 1. The number of ether oxygens (including phenoxy) is 1. The summed E-state index contributed by atoms with van der Waals surface area (Å²) in [5.41, 5.74) is -0.130. The van der Waals surface area contributed by atoms with E-state index in [-0.39, 0.29) is 18.9 Å². The molecule has 3 aromatic carbocycles. The number of nitrogens with one attached hydrogen (secondary N) is 2. The SMILES string of the molecule is Cc1cn([C@H]2C[C@H](NC(=O)c3c4ccccc4cc4ccccc34)[C@@H](CO)O2)c(=O)[nH]c1=O. The Labute approximate surface area is 188 Å². The summed E-state index contributed by atoms with van der Waals surface area (Å²) in [5, 5.41) is 16.5. The van der Waals surface area contributed by atoms with E-state index in [1.165, 1.54) is 10.8 Å². The highest BCUT2D eigenvalue weighted by molar-refractivity contribution is 6.18. The third-order valence-corrected chi connectivity index (χ3v) is 6.19. The van der Waals surface area contributed by atoms with Gasteiger partial charge < -0.3 is 15.2 Å². The predicted octanol–water partition coefficient (Wildman–Crippen LogP) is 2.23. The van der Waals surface area contributed by atoms with Gasteiger partial charge >= 0.3 is 5.69 Å². The number of aromatic amines is 1. The fourth-order valence-corrected chi connectivity index (χ4v) is 4.52. The first-order valence-corrected chi connectivity index (χ1v) is 10.8. The number of carbonyl (C=O) groups excluding carboxylic acids is 1. The van der Waals surface area contributed by atoms with Crippen LogP contribution in [0.2, 0.25) is 0 Å². The molecule has 8 nitrogen and oxygen atoms in total. The monoisotopic (exact) mass is 445 g/mol. The van der Waals surface area contributed by atoms with Gasteiger partial charge in [0.05, 0.1) is 18.2 Å². The topological polar surface area (TPSA) is 113 Å². The van der Waals surface area contributed by atoms with E-state index in [0.29, 0.717) is 11.1 Å². The minimum Gasteiger partial charge on any atom is -0.394 e. The Morgan fingerprint density at radius 3 is 2.39 bits per heavy atom. The maximum Gasteiger partial charge on any atom is 0.330 e. The molecule has 0 spiro atoms. The molecule has 0 unspecified atom stereocenters. The zero-order chi connectivity index (χ0) is 23.1. The van der Waals surface area contributed by atoms with E-state index in [9.17, 15) is 19.5 Å². The van der Waals surface area contributed by atoms with Crippen LogP contribution in [0.4, 0.5) is 0 Å². The quantitative estimate of drug-likeness (QED) is 0.417. The number of aromatic nitrogens is 2. The number of aryl methyl sites for hydroxylation is 1. The number of benzene rings is 3. The summed E-state index contributed by atoms with van der Waals surface area (Å²) >= 11 is 0. The Balaban J connectivity index is 1.50. The molecular weight excluding hydrogens is 422 g/mol. The second-order valence-electron chi connectivity index (χ2n) is 8.30. The minimum absolute atomic E-state index is 0.269. The first kappa shape index (κ1) is 21.1. The highest BCUT2D eigenvalue weighted by Gasteiger charge is 2.37. The average Bonchev–Trinajstić information content (AvgIpc) is 3.22. The number of hydrogen-bond donors (Lipinski definition) is 3.